The molecule has 0 bridgehead atoms. The van der Waals surface area contributed by atoms with Crippen molar-refractivity contribution in [1.82, 2.24) is 4.98 Å². The van der Waals surface area contributed by atoms with Crippen LogP contribution >= 0.6 is 11.6 Å². The molecule has 0 aliphatic rings. The number of aromatic amines is 1. The summed E-state index contributed by atoms with van der Waals surface area (Å²) in [7, 11) is 0. The molecule has 0 amide bonds. The summed E-state index contributed by atoms with van der Waals surface area (Å²) in [6.45, 7) is 2.80. The lowest BCUT2D eigenvalue weighted by molar-refractivity contribution is 0.484. The normalized spacial score (nSPS) is 11.1. The van der Waals surface area contributed by atoms with E-state index >= 15 is 0 Å². The monoisotopic (exact) mass is 404 g/mol. The van der Waals surface area contributed by atoms with Crippen molar-refractivity contribution in [2.24, 2.45) is 5.73 Å². The van der Waals surface area contributed by atoms with Crippen LogP contribution in [0.5, 0.6) is 11.5 Å². The van der Waals surface area contributed by atoms with E-state index in [0.29, 0.717) is 6.54 Å². The van der Waals surface area contributed by atoms with Crippen molar-refractivity contribution in [3.05, 3.63) is 82.9 Å². The molecule has 4 heteroatoms. The maximum atomic E-state index is 6.64. The van der Waals surface area contributed by atoms with E-state index in [0.717, 1.165) is 57.9 Å². The van der Waals surface area contributed by atoms with Crippen LogP contribution in [0.25, 0.3) is 22.2 Å². The van der Waals surface area contributed by atoms with Crippen LogP contribution in [0, 0.1) is 6.92 Å². The minimum atomic E-state index is 0.693. The maximum Gasteiger partial charge on any atom is 0.136 e. The van der Waals surface area contributed by atoms with Gasteiger partial charge in [0.15, 0.2) is 0 Å². The fraction of sp³-hybridized carbons (Fsp3) is 0.200. The minimum absolute atomic E-state index is 0.693. The summed E-state index contributed by atoms with van der Waals surface area (Å²) < 4.78 is 6.23. The molecular formula is C25H25ClN2O. The summed E-state index contributed by atoms with van der Waals surface area (Å²) in [5.74, 6) is 1.63. The number of para-hydroxylation sites is 2. The quantitative estimate of drug-likeness (QED) is 0.330. The molecule has 0 saturated heterocycles. The topological polar surface area (TPSA) is 51.0 Å². The molecule has 29 heavy (non-hydrogen) atoms. The van der Waals surface area contributed by atoms with Gasteiger partial charge in [-0.3, -0.25) is 0 Å². The van der Waals surface area contributed by atoms with Gasteiger partial charge in [-0.15, -0.1) is 0 Å². The van der Waals surface area contributed by atoms with Gasteiger partial charge in [-0.05, 0) is 74.2 Å². The molecule has 0 aliphatic carbocycles. The fourth-order valence-electron chi connectivity index (χ4n) is 3.77. The van der Waals surface area contributed by atoms with E-state index in [1.54, 1.807) is 0 Å². The lowest BCUT2D eigenvalue weighted by Gasteiger charge is -2.12. The molecule has 0 atom stereocenters. The Kier molecular flexibility index (Phi) is 5.89. The van der Waals surface area contributed by atoms with Crippen LogP contribution in [0.1, 0.15) is 24.0 Å². The van der Waals surface area contributed by atoms with Crippen molar-refractivity contribution in [1.29, 1.82) is 0 Å². The molecule has 3 nitrogen and oxygen atoms in total. The van der Waals surface area contributed by atoms with Crippen LogP contribution in [-0.4, -0.2) is 11.5 Å². The number of rotatable bonds is 7. The third-order valence-electron chi connectivity index (χ3n) is 5.22. The number of nitrogens with two attached hydrogens (primary N) is 1. The molecule has 0 radical (unpaired) electrons. The van der Waals surface area contributed by atoms with Gasteiger partial charge in [-0.25, -0.2) is 0 Å². The fourth-order valence-corrected chi connectivity index (χ4v) is 4.04. The second kappa shape index (κ2) is 8.73. The van der Waals surface area contributed by atoms with Gasteiger partial charge < -0.3 is 15.5 Å². The van der Waals surface area contributed by atoms with Gasteiger partial charge in [-0.2, -0.15) is 0 Å². The predicted octanol–water partition coefficient (Wildman–Crippen LogP) is 6.87. The van der Waals surface area contributed by atoms with Crippen molar-refractivity contribution < 1.29 is 4.74 Å². The van der Waals surface area contributed by atoms with Gasteiger partial charge in [-0.1, -0.05) is 48.0 Å². The Morgan fingerprint density at radius 2 is 1.69 bits per heavy atom. The van der Waals surface area contributed by atoms with E-state index in [-0.39, 0.29) is 0 Å². The first-order chi connectivity index (χ1) is 14.2. The number of hydrogen-bond donors (Lipinski definition) is 2. The van der Waals surface area contributed by atoms with Crippen LogP contribution in [0.4, 0.5) is 0 Å². The number of aryl methyl sites for hydroxylation is 2. The van der Waals surface area contributed by atoms with Gasteiger partial charge >= 0.3 is 0 Å². The summed E-state index contributed by atoms with van der Waals surface area (Å²) in [6, 6.07) is 22.0. The number of unbranched alkanes of at least 4 members (excludes halogenated alkanes) is 1. The number of halogens is 1. The molecular weight excluding hydrogens is 380 g/mol. The Labute approximate surface area is 176 Å². The van der Waals surface area contributed by atoms with Crippen LogP contribution in [0.2, 0.25) is 5.02 Å². The average Bonchev–Trinajstić information content (AvgIpc) is 3.13. The molecule has 4 aromatic rings. The van der Waals surface area contributed by atoms with Crippen LogP contribution in [0.15, 0.2) is 66.7 Å². The Morgan fingerprint density at radius 1 is 0.931 bits per heavy atom. The first-order valence-electron chi connectivity index (χ1n) is 10.0. The number of nitrogens with one attached hydrogen (secondary N) is 1. The molecule has 0 fully saturated rings. The highest BCUT2D eigenvalue weighted by Gasteiger charge is 2.19. The maximum absolute atomic E-state index is 6.64. The predicted molar refractivity (Wildman–Crippen MR) is 122 cm³/mol. The highest BCUT2D eigenvalue weighted by molar-refractivity contribution is 6.36. The van der Waals surface area contributed by atoms with Gasteiger partial charge in [0, 0.05) is 10.9 Å². The minimum Gasteiger partial charge on any atom is -0.457 e. The number of hydrogen-bond acceptors (Lipinski definition) is 2. The molecule has 3 aromatic carbocycles. The second-order valence-corrected chi connectivity index (χ2v) is 7.66. The Balaban J connectivity index is 1.86. The number of benzene rings is 3. The van der Waals surface area contributed by atoms with Gasteiger partial charge in [0.1, 0.15) is 11.5 Å². The third kappa shape index (κ3) is 4.02. The number of H-pyrrole nitrogens is 1. The standard InChI is InChI=1S/C25H25ClN2O/c1-17-14-15-21(26)23-20(12-7-8-16-27)25(28-24(17)23)19-11-5-6-13-22(19)29-18-9-3-2-4-10-18/h2-6,9-11,13-15,28H,7-8,12,16,27H2,1H3. The van der Waals surface area contributed by atoms with Gasteiger partial charge in [0.2, 0.25) is 0 Å². The smallest absolute Gasteiger partial charge is 0.136 e. The molecule has 0 aliphatic heterocycles. The number of aromatic nitrogens is 1. The average molecular weight is 405 g/mol. The van der Waals surface area contributed by atoms with Crippen LogP contribution in [-0.2, 0) is 6.42 Å². The molecule has 1 heterocycles. The molecule has 4 rings (SSSR count). The van der Waals surface area contributed by atoms with Gasteiger partial charge in [0.05, 0.1) is 16.2 Å². The highest BCUT2D eigenvalue weighted by Crippen LogP contribution is 2.41. The van der Waals surface area contributed by atoms with Gasteiger partial charge in [0.25, 0.3) is 0 Å². The zero-order valence-electron chi connectivity index (χ0n) is 16.5. The third-order valence-corrected chi connectivity index (χ3v) is 5.54. The van der Waals surface area contributed by atoms with Crippen molar-refractivity contribution in [2.75, 3.05) is 6.54 Å². The Morgan fingerprint density at radius 3 is 2.48 bits per heavy atom. The van der Waals surface area contributed by atoms with E-state index < -0.39 is 0 Å². The molecule has 0 unspecified atom stereocenters. The van der Waals surface area contributed by atoms with E-state index in [1.165, 1.54) is 11.1 Å². The number of ether oxygens (including phenoxy) is 1. The molecule has 0 saturated carbocycles. The zero-order valence-corrected chi connectivity index (χ0v) is 17.3. The molecule has 0 spiro atoms. The molecule has 3 N–H and O–H groups in total. The summed E-state index contributed by atoms with van der Waals surface area (Å²) in [5.41, 5.74) is 11.3. The Hall–Kier alpha value is -2.75. The summed E-state index contributed by atoms with van der Waals surface area (Å²) in [6.07, 6.45) is 2.91. The zero-order chi connectivity index (χ0) is 20.2. The largest absolute Gasteiger partial charge is 0.457 e. The van der Waals surface area contributed by atoms with Crippen molar-refractivity contribution in [3.8, 4) is 22.8 Å². The highest BCUT2D eigenvalue weighted by atomic mass is 35.5. The summed E-state index contributed by atoms with van der Waals surface area (Å²) in [5, 5.41) is 1.88. The van der Waals surface area contributed by atoms with Crippen molar-refractivity contribution in [2.45, 2.75) is 26.2 Å². The van der Waals surface area contributed by atoms with Crippen molar-refractivity contribution in [3.63, 3.8) is 0 Å². The summed E-state index contributed by atoms with van der Waals surface area (Å²) >= 11 is 6.64. The van der Waals surface area contributed by atoms with E-state index in [4.69, 9.17) is 22.1 Å². The SMILES string of the molecule is Cc1ccc(Cl)c2c(CCCCN)c(-c3ccccc3Oc3ccccc3)[nH]c12. The Bertz CT molecular complexity index is 1120. The molecule has 148 valence electrons. The molecule has 1 aromatic heterocycles. The van der Waals surface area contributed by atoms with E-state index in [2.05, 4.69) is 24.0 Å². The first-order valence-corrected chi connectivity index (χ1v) is 10.4. The summed E-state index contributed by atoms with van der Waals surface area (Å²) in [4.78, 5) is 3.65. The van der Waals surface area contributed by atoms with Crippen molar-refractivity contribution >= 4 is 22.5 Å². The second-order valence-electron chi connectivity index (χ2n) is 7.25. The first kappa shape index (κ1) is 19.6. The van der Waals surface area contributed by atoms with Crippen LogP contribution in [0.3, 0.4) is 0 Å². The lowest BCUT2D eigenvalue weighted by Crippen LogP contribution is -1.99. The lowest BCUT2D eigenvalue weighted by atomic mass is 9.99. The van der Waals surface area contributed by atoms with E-state index in [9.17, 15) is 0 Å². The van der Waals surface area contributed by atoms with E-state index in [1.807, 2.05) is 54.6 Å². The van der Waals surface area contributed by atoms with Crippen LogP contribution < -0.4 is 10.5 Å². The number of fused-ring (bicyclic) bond motifs is 1.